The summed E-state index contributed by atoms with van der Waals surface area (Å²) in [5.41, 5.74) is 2.31. The Bertz CT molecular complexity index is 618. The van der Waals surface area contributed by atoms with E-state index in [0.29, 0.717) is 17.0 Å². The second-order valence-corrected chi connectivity index (χ2v) is 4.39. The molecule has 0 heterocycles. The summed E-state index contributed by atoms with van der Waals surface area (Å²) in [4.78, 5) is 12.1. The van der Waals surface area contributed by atoms with Gasteiger partial charge in [0.1, 0.15) is 5.75 Å². The first kappa shape index (κ1) is 13.9. The normalized spacial score (nSPS) is 11.0. The van der Waals surface area contributed by atoms with Crippen LogP contribution in [0.15, 0.2) is 60.2 Å². The predicted molar refractivity (Wildman–Crippen MR) is 81.7 cm³/mol. The van der Waals surface area contributed by atoms with Crippen LogP contribution in [0, 0.1) is 0 Å². The third-order valence-corrected chi connectivity index (χ3v) is 2.90. The van der Waals surface area contributed by atoms with Crippen molar-refractivity contribution in [2.75, 3.05) is 12.4 Å². The third kappa shape index (κ3) is 3.48. The van der Waals surface area contributed by atoms with E-state index in [-0.39, 0.29) is 5.91 Å². The highest BCUT2D eigenvalue weighted by Crippen LogP contribution is 2.23. The number of carbonyl (C=O) groups is 1. The van der Waals surface area contributed by atoms with Crippen LogP contribution in [-0.4, -0.2) is 13.0 Å². The highest BCUT2D eigenvalue weighted by atomic mass is 16.5. The quantitative estimate of drug-likeness (QED) is 0.857. The molecule has 20 heavy (non-hydrogen) atoms. The van der Waals surface area contributed by atoms with Crippen molar-refractivity contribution in [2.45, 2.75) is 6.92 Å². The maximum absolute atomic E-state index is 12.1. The van der Waals surface area contributed by atoms with E-state index in [1.807, 2.05) is 60.7 Å². The SMILES string of the molecule is COc1ccccc1NC(=O)/C(C)=C/c1ccccc1. The Morgan fingerprint density at radius 1 is 1.05 bits per heavy atom. The maximum atomic E-state index is 12.1. The van der Waals surface area contributed by atoms with Gasteiger partial charge in [0.05, 0.1) is 12.8 Å². The number of nitrogens with one attached hydrogen (secondary N) is 1. The van der Waals surface area contributed by atoms with Gasteiger partial charge < -0.3 is 10.1 Å². The number of ether oxygens (including phenoxy) is 1. The molecular weight excluding hydrogens is 250 g/mol. The molecule has 0 saturated carbocycles. The minimum absolute atomic E-state index is 0.140. The van der Waals surface area contributed by atoms with E-state index in [1.165, 1.54) is 0 Å². The maximum Gasteiger partial charge on any atom is 0.251 e. The lowest BCUT2D eigenvalue weighted by molar-refractivity contribution is -0.112. The van der Waals surface area contributed by atoms with Crippen LogP contribution < -0.4 is 10.1 Å². The second-order valence-electron chi connectivity index (χ2n) is 4.39. The van der Waals surface area contributed by atoms with Gasteiger partial charge in [-0.1, -0.05) is 42.5 Å². The van der Waals surface area contributed by atoms with Crippen LogP contribution >= 0.6 is 0 Å². The summed E-state index contributed by atoms with van der Waals surface area (Å²) in [5, 5.41) is 2.85. The fraction of sp³-hybridized carbons (Fsp3) is 0.118. The molecule has 2 aromatic carbocycles. The number of benzene rings is 2. The highest BCUT2D eigenvalue weighted by Gasteiger charge is 2.08. The molecule has 0 bridgehead atoms. The zero-order valence-corrected chi connectivity index (χ0v) is 11.6. The average Bonchev–Trinajstić information content (AvgIpc) is 2.48. The molecule has 2 aromatic rings. The molecule has 102 valence electrons. The smallest absolute Gasteiger partial charge is 0.251 e. The number of rotatable bonds is 4. The first-order valence-corrected chi connectivity index (χ1v) is 6.38. The van der Waals surface area contributed by atoms with E-state index in [0.717, 1.165) is 5.56 Å². The van der Waals surface area contributed by atoms with Gasteiger partial charge in [0, 0.05) is 5.57 Å². The molecule has 0 unspecified atom stereocenters. The molecule has 0 aliphatic heterocycles. The Balaban J connectivity index is 2.14. The van der Waals surface area contributed by atoms with Crippen molar-refractivity contribution < 1.29 is 9.53 Å². The Kier molecular flexibility index (Phi) is 4.56. The lowest BCUT2D eigenvalue weighted by Gasteiger charge is -2.10. The molecule has 0 aromatic heterocycles. The summed E-state index contributed by atoms with van der Waals surface area (Å²) in [7, 11) is 1.58. The Morgan fingerprint density at radius 3 is 2.40 bits per heavy atom. The van der Waals surface area contributed by atoms with Crippen LogP contribution in [0.25, 0.3) is 6.08 Å². The molecule has 2 rings (SSSR count). The van der Waals surface area contributed by atoms with Gasteiger partial charge in [-0.05, 0) is 30.7 Å². The fourth-order valence-corrected chi connectivity index (χ4v) is 1.83. The molecule has 3 heteroatoms. The topological polar surface area (TPSA) is 38.3 Å². The van der Waals surface area contributed by atoms with E-state index in [1.54, 1.807) is 14.0 Å². The molecular formula is C17H17NO2. The van der Waals surface area contributed by atoms with Crippen molar-refractivity contribution in [1.82, 2.24) is 0 Å². The monoisotopic (exact) mass is 267 g/mol. The molecule has 3 nitrogen and oxygen atoms in total. The van der Waals surface area contributed by atoms with Crippen molar-refractivity contribution in [3.63, 3.8) is 0 Å². The molecule has 0 atom stereocenters. The van der Waals surface area contributed by atoms with Gasteiger partial charge in [-0.3, -0.25) is 4.79 Å². The van der Waals surface area contributed by atoms with Crippen molar-refractivity contribution in [1.29, 1.82) is 0 Å². The number of hydrogen-bond donors (Lipinski definition) is 1. The zero-order chi connectivity index (χ0) is 14.4. The first-order chi connectivity index (χ1) is 9.70. The fourth-order valence-electron chi connectivity index (χ4n) is 1.83. The molecule has 0 aliphatic carbocycles. The molecule has 0 fully saturated rings. The van der Waals surface area contributed by atoms with Gasteiger partial charge in [-0.25, -0.2) is 0 Å². The van der Waals surface area contributed by atoms with Crippen LogP contribution in [0.5, 0.6) is 5.75 Å². The number of methoxy groups -OCH3 is 1. The Labute approximate surface area is 118 Å². The molecule has 0 spiro atoms. The number of hydrogen-bond acceptors (Lipinski definition) is 2. The summed E-state index contributed by atoms with van der Waals surface area (Å²) in [6, 6.07) is 17.1. The Morgan fingerprint density at radius 2 is 1.70 bits per heavy atom. The largest absolute Gasteiger partial charge is 0.495 e. The summed E-state index contributed by atoms with van der Waals surface area (Å²) in [6.07, 6.45) is 1.85. The number of anilines is 1. The molecule has 0 radical (unpaired) electrons. The average molecular weight is 267 g/mol. The van der Waals surface area contributed by atoms with Gasteiger partial charge >= 0.3 is 0 Å². The number of amides is 1. The molecule has 1 N–H and O–H groups in total. The van der Waals surface area contributed by atoms with Gasteiger partial charge in [0.25, 0.3) is 5.91 Å². The van der Waals surface area contributed by atoms with Crippen LogP contribution in [0.2, 0.25) is 0 Å². The van der Waals surface area contributed by atoms with E-state index < -0.39 is 0 Å². The van der Waals surface area contributed by atoms with Gasteiger partial charge in [-0.15, -0.1) is 0 Å². The summed E-state index contributed by atoms with van der Waals surface area (Å²) in [6.45, 7) is 1.79. The molecule has 1 amide bonds. The lowest BCUT2D eigenvalue weighted by Crippen LogP contribution is -2.13. The Hall–Kier alpha value is -2.55. The second kappa shape index (κ2) is 6.57. The van der Waals surface area contributed by atoms with Crippen molar-refractivity contribution in [2.24, 2.45) is 0 Å². The van der Waals surface area contributed by atoms with Crippen LogP contribution in [0.3, 0.4) is 0 Å². The molecule has 0 saturated heterocycles. The van der Waals surface area contributed by atoms with E-state index >= 15 is 0 Å². The van der Waals surface area contributed by atoms with Gasteiger partial charge in [0.2, 0.25) is 0 Å². The molecule has 0 aliphatic rings. The van der Waals surface area contributed by atoms with Crippen LogP contribution in [0.4, 0.5) is 5.69 Å². The standard InChI is InChI=1S/C17H17NO2/c1-13(12-14-8-4-3-5-9-14)17(19)18-15-10-6-7-11-16(15)20-2/h3-12H,1-2H3,(H,18,19)/b13-12+. The van der Waals surface area contributed by atoms with Crippen molar-refractivity contribution >= 4 is 17.7 Å². The number of carbonyl (C=O) groups excluding carboxylic acids is 1. The summed E-state index contributed by atoms with van der Waals surface area (Å²) in [5.74, 6) is 0.506. The van der Waals surface area contributed by atoms with Crippen LogP contribution in [0.1, 0.15) is 12.5 Å². The van der Waals surface area contributed by atoms with Gasteiger partial charge in [0.15, 0.2) is 0 Å². The summed E-state index contributed by atoms with van der Waals surface area (Å²) >= 11 is 0. The summed E-state index contributed by atoms with van der Waals surface area (Å²) < 4.78 is 5.21. The lowest BCUT2D eigenvalue weighted by atomic mass is 10.1. The highest BCUT2D eigenvalue weighted by molar-refractivity contribution is 6.06. The number of para-hydroxylation sites is 2. The minimum atomic E-state index is -0.140. The van der Waals surface area contributed by atoms with Crippen molar-refractivity contribution in [3.05, 3.63) is 65.7 Å². The zero-order valence-electron chi connectivity index (χ0n) is 11.6. The predicted octanol–water partition coefficient (Wildman–Crippen LogP) is 3.74. The third-order valence-electron chi connectivity index (χ3n) is 2.90. The van der Waals surface area contributed by atoms with E-state index in [4.69, 9.17) is 4.74 Å². The first-order valence-electron chi connectivity index (χ1n) is 6.38. The van der Waals surface area contributed by atoms with Crippen LogP contribution in [-0.2, 0) is 4.79 Å². The van der Waals surface area contributed by atoms with Crippen molar-refractivity contribution in [3.8, 4) is 5.75 Å². The van der Waals surface area contributed by atoms with Gasteiger partial charge in [-0.2, -0.15) is 0 Å². The minimum Gasteiger partial charge on any atom is -0.495 e. The van der Waals surface area contributed by atoms with E-state index in [9.17, 15) is 4.79 Å². The van der Waals surface area contributed by atoms with E-state index in [2.05, 4.69) is 5.32 Å².